The summed E-state index contributed by atoms with van der Waals surface area (Å²) in [4.78, 5) is 18.8. The Kier molecular flexibility index (Phi) is 6.30. The van der Waals surface area contributed by atoms with Crippen LogP contribution in [0.2, 0.25) is 5.02 Å². The van der Waals surface area contributed by atoms with Gasteiger partial charge < -0.3 is 4.98 Å². The highest BCUT2D eigenvalue weighted by atomic mass is 35.5. The second-order valence-corrected chi connectivity index (χ2v) is 7.47. The van der Waals surface area contributed by atoms with Gasteiger partial charge in [-0.1, -0.05) is 36.2 Å². The van der Waals surface area contributed by atoms with Crippen molar-refractivity contribution >= 4 is 11.6 Å². The van der Waals surface area contributed by atoms with E-state index in [1.807, 2.05) is 6.92 Å². The molecule has 0 spiro atoms. The lowest BCUT2D eigenvalue weighted by Gasteiger charge is -2.18. The number of hydrogen-bond acceptors (Lipinski definition) is 4. The van der Waals surface area contributed by atoms with Crippen LogP contribution in [0.5, 0.6) is 0 Å². The topological polar surface area (TPSA) is 76.5 Å². The van der Waals surface area contributed by atoms with Crippen LogP contribution in [0.3, 0.4) is 0 Å². The SMILES string of the molecule is CCCCc1c(-c2cc(=O)[nH]c(C)n2)nnn1[C@@H](C)c1ccc(C(F)(F)F)cc1Cl. The van der Waals surface area contributed by atoms with Crippen LogP contribution in [0, 0.1) is 6.92 Å². The Hall–Kier alpha value is -2.68. The van der Waals surface area contributed by atoms with Crippen LogP contribution < -0.4 is 5.56 Å². The fourth-order valence-corrected chi connectivity index (χ4v) is 3.61. The summed E-state index contributed by atoms with van der Waals surface area (Å²) in [5.74, 6) is 0.451. The van der Waals surface area contributed by atoms with Crippen LogP contribution in [-0.2, 0) is 12.6 Å². The summed E-state index contributed by atoms with van der Waals surface area (Å²) in [6.07, 6.45) is -2.09. The van der Waals surface area contributed by atoms with Crippen LogP contribution in [0.1, 0.15) is 55.4 Å². The predicted molar refractivity (Wildman–Crippen MR) is 107 cm³/mol. The molecule has 2 heterocycles. The monoisotopic (exact) mass is 439 g/mol. The summed E-state index contributed by atoms with van der Waals surface area (Å²) in [6.45, 7) is 5.50. The van der Waals surface area contributed by atoms with Gasteiger partial charge in [-0.15, -0.1) is 5.10 Å². The van der Waals surface area contributed by atoms with Gasteiger partial charge in [0.05, 0.1) is 17.3 Å². The van der Waals surface area contributed by atoms with E-state index in [9.17, 15) is 18.0 Å². The predicted octanol–water partition coefficient (Wildman–Crippen LogP) is 4.96. The molecule has 1 atom stereocenters. The Bertz CT molecular complexity index is 1110. The first-order chi connectivity index (χ1) is 14.1. The minimum absolute atomic E-state index is 0.000872. The number of rotatable bonds is 6. The van der Waals surface area contributed by atoms with Gasteiger partial charge in [-0.3, -0.25) is 4.79 Å². The summed E-state index contributed by atoms with van der Waals surface area (Å²) in [5, 5.41) is 8.46. The van der Waals surface area contributed by atoms with E-state index in [1.54, 1.807) is 18.5 Å². The minimum Gasteiger partial charge on any atom is -0.311 e. The molecule has 10 heteroatoms. The minimum atomic E-state index is -4.47. The molecule has 1 aromatic carbocycles. The van der Waals surface area contributed by atoms with Crippen molar-refractivity contribution in [2.24, 2.45) is 0 Å². The summed E-state index contributed by atoms with van der Waals surface area (Å²) >= 11 is 6.18. The molecular formula is C20H21ClF3N5O. The molecular weight excluding hydrogens is 419 g/mol. The zero-order valence-electron chi connectivity index (χ0n) is 16.7. The molecule has 0 unspecified atom stereocenters. The van der Waals surface area contributed by atoms with Crippen molar-refractivity contribution in [2.45, 2.75) is 52.3 Å². The summed E-state index contributed by atoms with van der Waals surface area (Å²) in [6, 6.07) is 4.17. The smallest absolute Gasteiger partial charge is 0.311 e. The number of nitrogens with one attached hydrogen (secondary N) is 1. The van der Waals surface area contributed by atoms with E-state index >= 15 is 0 Å². The number of unbranched alkanes of at least 4 members (excludes halogenated alkanes) is 1. The maximum absolute atomic E-state index is 13.0. The number of aryl methyl sites for hydroxylation is 1. The number of halogens is 4. The highest BCUT2D eigenvalue weighted by Gasteiger charge is 2.31. The third-order valence-electron chi connectivity index (χ3n) is 4.81. The van der Waals surface area contributed by atoms with E-state index in [0.717, 1.165) is 30.7 Å². The zero-order valence-corrected chi connectivity index (χ0v) is 17.5. The third kappa shape index (κ3) is 4.56. The van der Waals surface area contributed by atoms with Gasteiger partial charge in [0.2, 0.25) is 0 Å². The highest BCUT2D eigenvalue weighted by Crippen LogP contribution is 2.35. The van der Waals surface area contributed by atoms with Crippen LogP contribution in [0.15, 0.2) is 29.1 Å². The maximum Gasteiger partial charge on any atom is 0.416 e. The van der Waals surface area contributed by atoms with Crippen molar-refractivity contribution in [1.29, 1.82) is 0 Å². The fraction of sp³-hybridized carbons (Fsp3) is 0.400. The lowest BCUT2D eigenvalue weighted by Crippen LogP contribution is -2.14. The molecule has 0 saturated carbocycles. The average molecular weight is 440 g/mol. The summed E-state index contributed by atoms with van der Waals surface area (Å²) in [7, 11) is 0. The van der Waals surface area contributed by atoms with Crippen LogP contribution in [-0.4, -0.2) is 25.0 Å². The first-order valence-electron chi connectivity index (χ1n) is 9.50. The standard InChI is InChI=1S/C20H21ClF3N5O/c1-4-5-6-17-19(16-10-18(30)26-12(3)25-16)27-28-29(17)11(2)14-8-7-13(9-15(14)21)20(22,23)24/h7-11H,4-6H2,1-3H3,(H,25,26,30)/t11-/m0/s1. The van der Waals surface area contributed by atoms with E-state index in [2.05, 4.69) is 20.3 Å². The van der Waals surface area contributed by atoms with Crippen LogP contribution in [0.4, 0.5) is 13.2 Å². The normalized spacial score (nSPS) is 12.9. The molecule has 1 N–H and O–H groups in total. The number of alkyl halides is 3. The quantitative estimate of drug-likeness (QED) is 0.589. The van der Waals surface area contributed by atoms with Crippen molar-refractivity contribution in [3.63, 3.8) is 0 Å². The Balaban J connectivity index is 2.07. The van der Waals surface area contributed by atoms with Gasteiger partial charge in [-0.2, -0.15) is 13.2 Å². The van der Waals surface area contributed by atoms with E-state index in [1.165, 1.54) is 12.1 Å². The molecule has 0 amide bonds. The summed E-state index contributed by atoms with van der Waals surface area (Å²) < 4.78 is 40.5. The molecule has 160 valence electrons. The molecule has 0 fully saturated rings. The average Bonchev–Trinajstić information content (AvgIpc) is 3.08. The Labute approximate surface area is 176 Å². The number of aromatic nitrogens is 5. The third-order valence-corrected chi connectivity index (χ3v) is 5.13. The zero-order chi connectivity index (χ0) is 22.1. The molecule has 0 aliphatic carbocycles. The van der Waals surface area contributed by atoms with Gasteiger partial charge in [0.1, 0.15) is 17.2 Å². The lowest BCUT2D eigenvalue weighted by molar-refractivity contribution is -0.137. The lowest BCUT2D eigenvalue weighted by atomic mass is 10.0. The number of benzene rings is 1. The number of aromatic amines is 1. The van der Waals surface area contributed by atoms with Crippen molar-refractivity contribution in [3.8, 4) is 11.4 Å². The van der Waals surface area contributed by atoms with Crippen molar-refractivity contribution in [3.05, 3.63) is 62.3 Å². The van der Waals surface area contributed by atoms with Gasteiger partial charge in [-0.25, -0.2) is 9.67 Å². The second kappa shape index (κ2) is 8.59. The number of H-pyrrole nitrogens is 1. The largest absolute Gasteiger partial charge is 0.416 e. The van der Waals surface area contributed by atoms with Crippen LogP contribution in [0.25, 0.3) is 11.4 Å². The molecule has 0 radical (unpaired) electrons. The Morgan fingerprint density at radius 1 is 1.27 bits per heavy atom. The molecule has 0 saturated heterocycles. The molecule has 30 heavy (non-hydrogen) atoms. The number of nitrogens with zero attached hydrogens (tertiary/aromatic N) is 4. The number of hydrogen-bond donors (Lipinski definition) is 1. The van der Waals surface area contributed by atoms with Gasteiger partial charge in [0, 0.05) is 11.1 Å². The fourth-order valence-electron chi connectivity index (χ4n) is 3.28. The van der Waals surface area contributed by atoms with E-state index in [4.69, 9.17) is 11.6 Å². The molecule has 6 nitrogen and oxygen atoms in total. The molecule has 0 aliphatic heterocycles. The van der Waals surface area contributed by atoms with Gasteiger partial charge in [0.25, 0.3) is 5.56 Å². The molecule has 3 aromatic rings. The first-order valence-corrected chi connectivity index (χ1v) is 9.88. The highest BCUT2D eigenvalue weighted by molar-refractivity contribution is 6.31. The molecule has 0 aliphatic rings. The van der Waals surface area contributed by atoms with Gasteiger partial charge >= 0.3 is 6.18 Å². The first kappa shape index (κ1) is 22.0. The van der Waals surface area contributed by atoms with Crippen molar-refractivity contribution < 1.29 is 13.2 Å². The Morgan fingerprint density at radius 2 is 2.00 bits per heavy atom. The van der Waals surface area contributed by atoms with E-state index in [-0.39, 0.29) is 10.6 Å². The van der Waals surface area contributed by atoms with Crippen molar-refractivity contribution in [1.82, 2.24) is 25.0 Å². The molecule has 3 rings (SSSR count). The Morgan fingerprint density at radius 3 is 2.60 bits per heavy atom. The van der Waals surface area contributed by atoms with Gasteiger partial charge in [0.15, 0.2) is 0 Å². The summed E-state index contributed by atoms with van der Waals surface area (Å²) in [5.41, 5.74) is 1.02. The molecule has 0 bridgehead atoms. The van der Waals surface area contributed by atoms with E-state index in [0.29, 0.717) is 29.2 Å². The van der Waals surface area contributed by atoms with Crippen LogP contribution >= 0.6 is 11.6 Å². The molecule has 2 aromatic heterocycles. The van der Waals surface area contributed by atoms with E-state index < -0.39 is 17.8 Å². The second-order valence-electron chi connectivity index (χ2n) is 7.06. The van der Waals surface area contributed by atoms with Crippen molar-refractivity contribution in [2.75, 3.05) is 0 Å². The van der Waals surface area contributed by atoms with Gasteiger partial charge in [-0.05, 0) is 44.4 Å². The maximum atomic E-state index is 13.0.